The highest BCUT2D eigenvalue weighted by molar-refractivity contribution is 7.99. The Morgan fingerprint density at radius 1 is 0.745 bits per heavy atom. The third-order valence-corrected chi connectivity index (χ3v) is 11.0. The van der Waals surface area contributed by atoms with Gasteiger partial charge in [0, 0.05) is 37.6 Å². The van der Waals surface area contributed by atoms with E-state index in [4.69, 9.17) is 4.98 Å². The van der Waals surface area contributed by atoms with Gasteiger partial charge in [-0.3, -0.25) is 14.1 Å². The first kappa shape index (κ1) is 40.9. The van der Waals surface area contributed by atoms with Crippen molar-refractivity contribution in [2.45, 2.75) is 44.8 Å². The average Bonchev–Trinajstić information content (AvgIpc) is 3.82. The molecule has 3 heterocycles. The zero-order valence-electron chi connectivity index (χ0n) is 30.4. The molecule has 0 amide bonds. The van der Waals surface area contributed by atoms with Gasteiger partial charge in [-0.2, -0.15) is 23.4 Å². The number of carbonyl (C=O) groups excluding carboxylic acids is 2. The van der Waals surface area contributed by atoms with Crippen LogP contribution in [0.3, 0.4) is 0 Å². The number of hydrogen-bond acceptors (Lipinski definition) is 20. The number of benzene rings is 2. The van der Waals surface area contributed by atoms with Gasteiger partial charge < -0.3 is 20.4 Å². The van der Waals surface area contributed by atoms with Gasteiger partial charge in [0.05, 0.1) is 22.4 Å². The molecule has 0 bridgehead atoms. The Kier molecular flexibility index (Phi) is 14.0. The van der Waals surface area contributed by atoms with Gasteiger partial charge in [0.1, 0.15) is 16.3 Å². The van der Waals surface area contributed by atoms with Crippen LogP contribution in [0.15, 0.2) is 73.2 Å². The fourth-order valence-electron chi connectivity index (χ4n) is 5.08. The summed E-state index contributed by atoms with van der Waals surface area (Å²) < 4.78 is 33.0. The van der Waals surface area contributed by atoms with E-state index in [0.717, 1.165) is 48.9 Å². The second-order valence-electron chi connectivity index (χ2n) is 11.0. The Hall–Kier alpha value is -5.29. The number of thioether (sulfide) groups is 1. The van der Waals surface area contributed by atoms with Gasteiger partial charge >= 0.3 is 10.1 Å². The van der Waals surface area contributed by atoms with Crippen molar-refractivity contribution in [1.82, 2.24) is 24.9 Å². The molecule has 0 fully saturated rings. The summed E-state index contributed by atoms with van der Waals surface area (Å²) in [5.41, 5.74) is 3.62. The summed E-state index contributed by atoms with van der Waals surface area (Å²) >= 11 is 3.19. The first-order chi connectivity index (χ1) is 26.5. The van der Waals surface area contributed by atoms with Crippen LogP contribution in [0.1, 0.15) is 54.0 Å². The summed E-state index contributed by atoms with van der Waals surface area (Å²) in [5.74, 6) is 1.07. The van der Waals surface area contributed by atoms with Gasteiger partial charge in [0.15, 0.2) is 17.7 Å². The molecule has 18 nitrogen and oxygen atoms in total. The quantitative estimate of drug-likeness (QED) is 0.0305. The standard InChI is InChI=1S/C33H37N13O5S4/c1-6-45(7-2)20-11-13-23(41-43-31-34-17-22(18-47)53-31)25(15-20)35-29-38-30(40-32(39-29)52-10-5)36-26-16-21(46(8-3)9-4)12-14-24(26)42-44-33-37-28(55(49,50)51)27(19-48)54-33/h11-19H,6-10H2,1-5H3,(H,49,50,51)(H2,35,36,38,39,40). The third-order valence-electron chi connectivity index (χ3n) is 7.67. The highest BCUT2D eigenvalue weighted by Crippen LogP contribution is 2.37. The minimum atomic E-state index is -4.75. The molecule has 0 unspecified atom stereocenters. The number of nitrogens with one attached hydrogen (secondary N) is 2. The molecule has 5 aromatic rings. The van der Waals surface area contributed by atoms with E-state index >= 15 is 0 Å². The maximum Gasteiger partial charge on any atom is 0.313 e. The minimum Gasteiger partial charge on any atom is -0.372 e. The molecule has 5 rings (SSSR count). The molecule has 0 aliphatic heterocycles. The number of hydrogen-bond donors (Lipinski definition) is 3. The SMILES string of the molecule is CCSc1nc(Nc2cc(N(CC)CC)ccc2N=Nc2ncc(C=O)s2)nc(Nc2cc(N(CC)CC)ccc2N=Nc2nc(S(=O)(=O)O)c(C=O)s2)n1. The van der Waals surface area contributed by atoms with Crippen LogP contribution in [0.2, 0.25) is 0 Å². The number of anilines is 6. The fourth-order valence-corrected chi connectivity index (χ4v) is 7.79. The molecule has 3 aromatic heterocycles. The molecular formula is C33H37N13O5S4. The number of nitrogens with zero attached hydrogens (tertiary/aromatic N) is 11. The molecule has 22 heteroatoms. The maximum absolute atomic E-state index is 11.7. The van der Waals surface area contributed by atoms with Crippen molar-refractivity contribution in [3.8, 4) is 0 Å². The van der Waals surface area contributed by atoms with E-state index in [1.165, 1.54) is 18.0 Å². The Labute approximate surface area is 329 Å². The maximum atomic E-state index is 11.7. The van der Waals surface area contributed by atoms with Gasteiger partial charge in [0.25, 0.3) is 0 Å². The molecule has 0 saturated carbocycles. The summed E-state index contributed by atoms with van der Waals surface area (Å²) in [6.07, 6.45) is 2.43. The van der Waals surface area contributed by atoms with Crippen LogP contribution in [-0.2, 0) is 10.1 Å². The largest absolute Gasteiger partial charge is 0.372 e. The van der Waals surface area contributed by atoms with E-state index in [9.17, 15) is 22.6 Å². The van der Waals surface area contributed by atoms with E-state index in [2.05, 4.69) is 74.7 Å². The van der Waals surface area contributed by atoms with Crippen molar-refractivity contribution in [2.75, 3.05) is 52.4 Å². The number of aromatic nitrogens is 5. The summed E-state index contributed by atoms with van der Waals surface area (Å²) in [5, 5.41) is 23.4. The molecule has 288 valence electrons. The third kappa shape index (κ3) is 10.5. The van der Waals surface area contributed by atoms with Gasteiger partial charge in [0.2, 0.25) is 27.2 Å². The molecule has 0 radical (unpaired) electrons. The van der Waals surface area contributed by atoms with Gasteiger partial charge in [-0.05, 0) is 69.8 Å². The van der Waals surface area contributed by atoms with Crippen molar-refractivity contribution in [3.05, 3.63) is 52.3 Å². The van der Waals surface area contributed by atoms with Crippen molar-refractivity contribution in [2.24, 2.45) is 20.5 Å². The molecule has 2 aromatic carbocycles. The Morgan fingerprint density at radius 3 is 1.73 bits per heavy atom. The molecule has 3 N–H and O–H groups in total. The second kappa shape index (κ2) is 18.8. The Morgan fingerprint density at radius 2 is 1.29 bits per heavy atom. The zero-order valence-corrected chi connectivity index (χ0v) is 33.6. The summed E-state index contributed by atoms with van der Waals surface area (Å²) in [6, 6.07) is 11.1. The molecule has 0 saturated heterocycles. The van der Waals surface area contributed by atoms with Crippen LogP contribution < -0.4 is 20.4 Å². The normalized spacial score (nSPS) is 11.7. The van der Waals surface area contributed by atoms with Crippen molar-refractivity contribution in [1.29, 1.82) is 0 Å². The Bertz CT molecular complexity index is 2310. The summed E-state index contributed by atoms with van der Waals surface area (Å²) in [4.78, 5) is 49.0. The number of carbonyl (C=O) groups is 2. The average molecular weight is 824 g/mol. The number of aldehydes is 2. The van der Waals surface area contributed by atoms with Crippen molar-refractivity contribution >= 4 is 113 Å². The van der Waals surface area contributed by atoms with Crippen LogP contribution in [0.25, 0.3) is 0 Å². The van der Waals surface area contributed by atoms with E-state index in [-0.39, 0.29) is 28.2 Å². The van der Waals surface area contributed by atoms with Crippen molar-refractivity contribution in [3.63, 3.8) is 0 Å². The van der Waals surface area contributed by atoms with E-state index < -0.39 is 15.1 Å². The summed E-state index contributed by atoms with van der Waals surface area (Å²) in [6.45, 7) is 13.2. The van der Waals surface area contributed by atoms with Crippen LogP contribution in [-0.4, -0.2) is 82.4 Å². The van der Waals surface area contributed by atoms with Gasteiger partial charge in [-0.1, -0.05) is 41.4 Å². The van der Waals surface area contributed by atoms with Crippen LogP contribution in [0.5, 0.6) is 0 Å². The lowest BCUT2D eigenvalue weighted by Gasteiger charge is -2.22. The minimum absolute atomic E-state index is 0.152. The molecule has 0 aliphatic carbocycles. The van der Waals surface area contributed by atoms with Gasteiger partial charge in [-0.25, -0.2) is 9.97 Å². The number of thiazole rings is 2. The fraction of sp³-hybridized carbons (Fsp3) is 0.303. The second-order valence-corrected chi connectivity index (χ2v) is 15.6. The predicted octanol–water partition coefficient (Wildman–Crippen LogP) is 8.78. The molecule has 0 spiro atoms. The van der Waals surface area contributed by atoms with E-state index in [1.807, 2.05) is 51.1 Å². The highest BCUT2D eigenvalue weighted by atomic mass is 32.2. The van der Waals surface area contributed by atoms with Gasteiger partial charge in [-0.15, -0.1) is 20.5 Å². The lowest BCUT2D eigenvalue weighted by Crippen LogP contribution is -2.21. The van der Waals surface area contributed by atoms with Crippen LogP contribution in [0.4, 0.5) is 56.3 Å². The predicted molar refractivity (Wildman–Crippen MR) is 216 cm³/mol. The molecule has 0 aliphatic rings. The van der Waals surface area contributed by atoms with Crippen molar-refractivity contribution < 1.29 is 22.6 Å². The van der Waals surface area contributed by atoms with Crippen LogP contribution >= 0.6 is 34.4 Å². The lowest BCUT2D eigenvalue weighted by molar-refractivity contribution is 0.111. The molecule has 0 atom stereocenters. The molecule has 55 heavy (non-hydrogen) atoms. The smallest absolute Gasteiger partial charge is 0.313 e. The number of azo groups is 2. The topological polar surface area (TPSA) is 233 Å². The Balaban J connectivity index is 1.55. The zero-order chi connectivity index (χ0) is 39.5. The highest BCUT2D eigenvalue weighted by Gasteiger charge is 2.22. The summed E-state index contributed by atoms with van der Waals surface area (Å²) in [7, 11) is -4.75. The first-order valence-corrected chi connectivity index (χ1v) is 21.0. The van der Waals surface area contributed by atoms with E-state index in [0.29, 0.717) is 61.3 Å². The van der Waals surface area contributed by atoms with E-state index in [1.54, 1.807) is 6.07 Å². The van der Waals surface area contributed by atoms with Crippen LogP contribution in [0, 0.1) is 0 Å². The lowest BCUT2D eigenvalue weighted by atomic mass is 10.2. The number of rotatable bonds is 19. The first-order valence-electron chi connectivity index (χ1n) is 16.9. The monoisotopic (exact) mass is 823 g/mol. The molecular weight excluding hydrogens is 787 g/mol.